The molecule has 0 aromatic carbocycles. The van der Waals surface area contributed by atoms with Gasteiger partial charge in [0.15, 0.2) is 9.84 Å². The largest absolute Gasteiger partial charge is 0.311 e. The van der Waals surface area contributed by atoms with Gasteiger partial charge in [-0.2, -0.15) is 0 Å². The van der Waals surface area contributed by atoms with Crippen molar-refractivity contribution >= 4 is 9.84 Å². The predicted octanol–water partition coefficient (Wildman–Crippen LogP) is 1.66. The summed E-state index contributed by atoms with van der Waals surface area (Å²) in [6, 6.07) is 0.575. The van der Waals surface area contributed by atoms with Crippen molar-refractivity contribution in [2.75, 3.05) is 31.1 Å². The van der Waals surface area contributed by atoms with E-state index in [9.17, 15) is 8.42 Å². The van der Waals surface area contributed by atoms with Gasteiger partial charge in [0.05, 0.1) is 5.75 Å². The molecule has 1 heterocycles. The third-order valence-electron chi connectivity index (χ3n) is 5.40. The zero-order chi connectivity index (χ0) is 14.8. The number of piperazine rings is 1. The fraction of sp³-hybridized carbons (Fsp3) is 1.00. The number of hydrogen-bond donors (Lipinski definition) is 1. The summed E-state index contributed by atoms with van der Waals surface area (Å²) in [5.41, 5.74) is 0.147. The molecule has 0 radical (unpaired) electrons. The first kappa shape index (κ1) is 16.2. The lowest BCUT2D eigenvalue weighted by Gasteiger charge is -2.50. The number of rotatable bonds is 7. The van der Waals surface area contributed by atoms with E-state index in [2.05, 4.69) is 24.1 Å². The molecule has 2 rings (SSSR count). The molecule has 1 saturated carbocycles. The first-order chi connectivity index (χ1) is 9.46. The van der Waals surface area contributed by atoms with Crippen LogP contribution in [0.3, 0.4) is 0 Å². The molecule has 1 saturated heterocycles. The smallest absolute Gasteiger partial charge is 0.151 e. The molecular weight excluding hydrogens is 272 g/mol. The van der Waals surface area contributed by atoms with Crippen molar-refractivity contribution in [2.45, 2.75) is 58.0 Å². The molecule has 0 spiro atoms. The Labute approximate surface area is 124 Å². The highest BCUT2D eigenvalue weighted by atomic mass is 32.2. The topological polar surface area (TPSA) is 49.4 Å². The van der Waals surface area contributed by atoms with Gasteiger partial charge in [-0.25, -0.2) is 8.42 Å². The maximum Gasteiger partial charge on any atom is 0.151 e. The van der Waals surface area contributed by atoms with Crippen molar-refractivity contribution in [3.8, 4) is 0 Å². The van der Waals surface area contributed by atoms with E-state index in [1.165, 1.54) is 12.8 Å². The van der Waals surface area contributed by atoms with Crippen LogP contribution in [-0.2, 0) is 9.84 Å². The molecule has 0 amide bonds. The summed E-state index contributed by atoms with van der Waals surface area (Å²) < 4.78 is 23.6. The Morgan fingerprint density at radius 2 is 1.85 bits per heavy atom. The van der Waals surface area contributed by atoms with Crippen LogP contribution in [0.15, 0.2) is 0 Å². The van der Waals surface area contributed by atoms with E-state index in [1.807, 2.05) is 0 Å². The molecule has 0 aromatic heterocycles. The minimum absolute atomic E-state index is 0.147. The second-order valence-corrected chi connectivity index (χ2v) is 8.91. The molecule has 5 heteroatoms. The Kier molecular flexibility index (Phi) is 5.14. The third-order valence-corrected chi connectivity index (χ3v) is 7.08. The van der Waals surface area contributed by atoms with Gasteiger partial charge in [0, 0.05) is 37.0 Å². The summed E-state index contributed by atoms with van der Waals surface area (Å²) in [7, 11) is -2.87. The minimum Gasteiger partial charge on any atom is -0.311 e. The summed E-state index contributed by atoms with van der Waals surface area (Å²) in [5.74, 6) is 1.39. The van der Waals surface area contributed by atoms with E-state index in [0.717, 1.165) is 31.8 Å². The van der Waals surface area contributed by atoms with Gasteiger partial charge in [0.25, 0.3) is 0 Å². The normalized spacial score (nSPS) is 27.6. The Bertz CT molecular complexity index is 414. The molecule has 0 bridgehead atoms. The second kappa shape index (κ2) is 6.32. The van der Waals surface area contributed by atoms with E-state index in [1.54, 1.807) is 6.92 Å². The molecule has 2 aliphatic rings. The van der Waals surface area contributed by atoms with Crippen LogP contribution >= 0.6 is 0 Å². The molecule has 118 valence electrons. The van der Waals surface area contributed by atoms with Crippen LogP contribution < -0.4 is 5.32 Å². The number of sulfone groups is 1. The summed E-state index contributed by atoms with van der Waals surface area (Å²) in [6.07, 6.45) is 4.84. The van der Waals surface area contributed by atoms with Crippen molar-refractivity contribution in [1.29, 1.82) is 0 Å². The maximum atomic E-state index is 11.8. The molecule has 1 atom stereocenters. The van der Waals surface area contributed by atoms with Crippen molar-refractivity contribution in [2.24, 2.45) is 5.92 Å². The van der Waals surface area contributed by atoms with Gasteiger partial charge in [-0.05, 0) is 31.6 Å². The Hall–Kier alpha value is -0.130. The van der Waals surface area contributed by atoms with Gasteiger partial charge in [-0.1, -0.05) is 20.8 Å². The van der Waals surface area contributed by atoms with Gasteiger partial charge < -0.3 is 5.32 Å². The molecule has 1 unspecified atom stereocenters. The number of hydrogen-bond acceptors (Lipinski definition) is 4. The van der Waals surface area contributed by atoms with Crippen molar-refractivity contribution in [3.63, 3.8) is 0 Å². The summed E-state index contributed by atoms with van der Waals surface area (Å²) in [6.45, 7) is 8.92. The maximum absolute atomic E-state index is 11.8. The van der Waals surface area contributed by atoms with E-state index in [0.29, 0.717) is 18.3 Å². The monoisotopic (exact) mass is 302 g/mol. The lowest BCUT2D eigenvalue weighted by Crippen LogP contribution is -2.65. The standard InChI is InChI=1S/C15H30N2O2S/c1-4-15(5-2)12-16-14(13-7-8-13)11-17(15)9-10-20(18,19)6-3/h13-14,16H,4-12H2,1-3H3. The van der Waals surface area contributed by atoms with Crippen LogP contribution in [0.25, 0.3) is 0 Å². The van der Waals surface area contributed by atoms with Crippen molar-refractivity contribution < 1.29 is 8.42 Å². The Balaban J connectivity index is 2.04. The van der Waals surface area contributed by atoms with E-state index >= 15 is 0 Å². The first-order valence-electron chi connectivity index (χ1n) is 8.15. The van der Waals surface area contributed by atoms with Gasteiger partial charge in [0.2, 0.25) is 0 Å². The molecule has 4 nitrogen and oxygen atoms in total. The van der Waals surface area contributed by atoms with Crippen LogP contribution in [0, 0.1) is 5.92 Å². The molecule has 2 fully saturated rings. The summed E-state index contributed by atoms with van der Waals surface area (Å²) >= 11 is 0. The van der Waals surface area contributed by atoms with E-state index in [4.69, 9.17) is 0 Å². The zero-order valence-electron chi connectivity index (χ0n) is 13.2. The van der Waals surface area contributed by atoms with E-state index < -0.39 is 9.84 Å². The Morgan fingerprint density at radius 3 is 2.35 bits per heavy atom. The molecular formula is C15H30N2O2S. The predicted molar refractivity (Wildman–Crippen MR) is 83.7 cm³/mol. The SMILES string of the molecule is CCC1(CC)CNC(C2CC2)CN1CCS(=O)(=O)CC. The highest BCUT2D eigenvalue weighted by Crippen LogP contribution is 2.37. The van der Waals surface area contributed by atoms with Crippen LogP contribution in [0.2, 0.25) is 0 Å². The van der Waals surface area contributed by atoms with E-state index in [-0.39, 0.29) is 11.3 Å². The summed E-state index contributed by atoms with van der Waals surface area (Å²) in [4.78, 5) is 2.47. The van der Waals surface area contributed by atoms with Crippen LogP contribution in [0.1, 0.15) is 46.5 Å². The van der Waals surface area contributed by atoms with Crippen molar-refractivity contribution in [3.05, 3.63) is 0 Å². The molecule has 1 aliphatic heterocycles. The molecule has 1 aliphatic carbocycles. The van der Waals surface area contributed by atoms with Crippen molar-refractivity contribution in [1.82, 2.24) is 10.2 Å². The van der Waals surface area contributed by atoms with Gasteiger partial charge in [-0.3, -0.25) is 4.90 Å². The van der Waals surface area contributed by atoms with Gasteiger partial charge in [-0.15, -0.1) is 0 Å². The highest BCUT2D eigenvalue weighted by Gasteiger charge is 2.43. The third kappa shape index (κ3) is 3.55. The van der Waals surface area contributed by atoms with Crippen LogP contribution in [-0.4, -0.2) is 56.0 Å². The average molecular weight is 302 g/mol. The Morgan fingerprint density at radius 1 is 1.20 bits per heavy atom. The first-order valence-corrected chi connectivity index (χ1v) is 9.97. The lowest BCUT2D eigenvalue weighted by molar-refractivity contribution is 0.0327. The minimum atomic E-state index is -2.87. The van der Waals surface area contributed by atoms with Gasteiger partial charge in [0.1, 0.15) is 0 Å². The highest BCUT2D eigenvalue weighted by molar-refractivity contribution is 7.91. The fourth-order valence-corrected chi connectivity index (χ4v) is 4.20. The number of nitrogens with one attached hydrogen (secondary N) is 1. The summed E-state index contributed by atoms with van der Waals surface area (Å²) in [5, 5.41) is 3.72. The van der Waals surface area contributed by atoms with Gasteiger partial charge >= 0.3 is 0 Å². The lowest BCUT2D eigenvalue weighted by atomic mass is 9.86. The quantitative estimate of drug-likeness (QED) is 0.777. The molecule has 1 N–H and O–H groups in total. The fourth-order valence-electron chi connectivity index (χ4n) is 3.41. The zero-order valence-corrected chi connectivity index (χ0v) is 14.0. The second-order valence-electron chi connectivity index (χ2n) is 6.44. The van der Waals surface area contributed by atoms with Crippen LogP contribution in [0.5, 0.6) is 0 Å². The number of nitrogens with zero attached hydrogens (tertiary/aromatic N) is 1. The molecule has 0 aromatic rings. The average Bonchev–Trinajstić information content (AvgIpc) is 3.29. The van der Waals surface area contributed by atoms with Crippen LogP contribution in [0.4, 0.5) is 0 Å². The molecule has 20 heavy (non-hydrogen) atoms.